The highest BCUT2D eigenvalue weighted by atomic mass is 16.5. The van der Waals surface area contributed by atoms with Crippen LogP contribution in [0.4, 0.5) is 0 Å². The van der Waals surface area contributed by atoms with E-state index >= 15 is 0 Å². The molecule has 0 spiro atoms. The number of hydrogen-bond acceptors (Lipinski definition) is 3. The van der Waals surface area contributed by atoms with Gasteiger partial charge in [-0.2, -0.15) is 0 Å². The molecule has 1 aliphatic heterocycles. The van der Waals surface area contributed by atoms with E-state index in [2.05, 4.69) is 11.0 Å². The van der Waals surface area contributed by atoms with Crippen molar-refractivity contribution >= 4 is 0 Å². The Kier molecular flexibility index (Phi) is 2.69. The predicted octanol–water partition coefficient (Wildman–Crippen LogP) is 2.63. The van der Waals surface area contributed by atoms with E-state index in [0.717, 1.165) is 36.6 Å². The van der Waals surface area contributed by atoms with E-state index in [-0.39, 0.29) is 0 Å². The summed E-state index contributed by atoms with van der Waals surface area (Å²) in [5.41, 5.74) is 1.26. The van der Waals surface area contributed by atoms with Crippen molar-refractivity contribution in [1.82, 2.24) is 4.90 Å². The minimum atomic E-state index is 0.545. The van der Waals surface area contributed by atoms with E-state index < -0.39 is 0 Å². The van der Waals surface area contributed by atoms with Gasteiger partial charge >= 0.3 is 0 Å². The molecule has 2 fully saturated rings. The Morgan fingerprint density at radius 2 is 1.84 bits per heavy atom. The lowest BCUT2D eigenvalue weighted by Crippen LogP contribution is -2.45. The second kappa shape index (κ2) is 4.41. The van der Waals surface area contributed by atoms with Crippen molar-refractivity contribution in [3.63, 3.8) is 0 Å². The first-order valence-corrected chi connectivity index (χ1v) is 7.43. The summed E-state index contributed by atoms with van der Waals surface area (Å²) in [4.78, 5) is 2.75. The summed E-state index contributed by atoms with van der Waals surface area (Å²) in [6, 6.07) is 8.33. The number of benzene rings is 1. The van der Waals surface area contributed by atoms with Crippen molar-refractivity contribution in [3.8, 4) is 11.5 Å². The Hall–Kier alpha value is -1.22. The Bertz CT molecular complexity index is 453. The fraction of sp³-hybridized carbons (Fsp3) is 0.625. The predicted molar refractivity (Wildman–Crippen MR) is 73.9 cm³/mol. The molecule has 0 radical (unpaired) electrons. The van der Waals surface area contributed by atoms with Crippen LogP contribution < -0.4 is 9.47 Å². The van der Waals surface area contributed by atoms with Crippen LogP contribution in [0, 0.1) is 0 Å². The fourth-order valence-corrected chi connectivity index (χ4v) is 3.38. The zero-order valence-corrected chi connectivity index (χ0v) is 11.5. The molecule has 1 aromatic carbocycles. The maximum absolute atomic E-state index is 5.99. The van der Waals surface area contributed by atoms with Crippen molar-refractivity contribution < 1.29 is 9.47 Å². The normalized spacial score (nSPS) is 25.9. The molecule has 1 aromatic rings. The first-order valence-electron chi connectivity index (χ1n) is 7.43. The Labute approximate surface area is 114 Å². The minimum absolute atomic E-state index is 0.545. The van der Waals surface area contributed by atoms with Crippen molar-refractivity contribution in [3.05, 3.63) is 23.8 Å². The summed E-state index contributed by atoms with van der Waals surface area (Å²) in [7, 11) is 1.75. The standard InChI is InChI=1S/C16H21NO2/c1-18-15-3-2-4-16-14(15)9-13(10-19-16)17(11-5-6-11)12-7-8-12/h2-4,11-13H,5-10H2,1H3. The molecule has 1 atom stereocenters. The van der Waals surface area contributed by atoms with Crippen LogP contribution in [0.1, 0.15) is 31.2 Å². The van der Waals surface area contributed by atoms with Crippen molar-refractivity contribution in [2.24, 2.45) is 0 Å². The SMILES string of the molecule is COc1cccc2c1CC(N(C1CC1)C1CC1)CO2. The van der Waals surface area contributed by atoms with Gasteiger partial charge in [-0.1, -0.05) is 6.07 Å². The molecule has 19 heavy (non-hydrogen) atoms. The first kappa shape index (κ1) is 11.6. The highest BCUT2D eigenvalue weighted by molar-refractivity contribution is 5.46. The van der Waals surface area contributed by atoms with Crippen LogP contribution in [0.25, 0.3) is 0 Å². The van der Waals surface area contributed by atoms with Gasteiger partial charge in [-0.25, -0.2) is 0 Å². The lowest BCUT2D eigenvalue weighted by molar-refractivity contribution is 0.104. The average molecular weight is 259 g/mol. The molecule has 0 aromatic heterocycles. The van der Waals surface area contributed by atoms with Crippen LogP contribution in [-0.2, 0) is 6.42 Å². The summed E-state index contributed by atoms with van der Waals surface area (Å²) in [6.45, 7) is 0.840. The zero-order chi connectivity index (χ0) is 12.8. The monoisotopic (exact) mass is 259 g/mol. The highest BCUT2D eigenvalue weighted by Gasteiger charge is 2.44. The Morgan fingerprint density at radius 1 is 1.11 bits per heavy atom. The molecule has 4 rings (SSSR count). The maximum atomic E-state index is 5.99. The molecule has 3 nitrogen and oxygen atoms in total. The van der Waals surface area contributed by atoms with E-state index in [9.17, 15) is 0 Å². The van der Waals surface area contributed by atoms with E-state index in [1.807, 2.05) is 12.1 Å². The molecule has 102 valence electrons. The molecule has 0 amide bonds. The van der Waals surface area contributed by atoms with Gasteiger partial charge in [0.1, 0.15) is 18.1 Å². The lowest BCUT2D eigenvalue weighted by Gasteiger charge is -2.35. The maximum Gasteiger partial charge on any atom is 0.126 e. The van der Waals surface area contributed by atoms with Crippen LogP contribution in [0.15, 0.2) is 18.2 Å². The number of hydrogen-bond donors (Lipinski definition) is 0. The molecule has 1 heterocycles. The zero-order valence-electron chi connectivity index (χ0n) is 11.5. The molecular formula is C16H21NO2. The second-order valence-electron chi connectivity index (χ2n) is 6.02. The first-order chi connectivity index (χ1) is 9.36. The number of ether oxygens (including phenoxy) is 2. The summed E-state index contributed by atoms with van der Waals surface area (Å²) in [5, 5.41) is 0. The van der Waals surface area contributed by atoms with Gasteiger partial charge in [0.05, 0.1) is 7.11 Å². The van der Waals surface area contributed by atoms with Gasteiger partial charge in [-0.15, -0.1) is 0 Å². The fourth-order valence-electron chi connectivity index (χ4n) is 3.38. The molecule has 0 saturated heterocycles. The molecule has 3 aliphatic rings. The summed E-state index contributed by atoms with van der Waals surface area (Å²) < 4.78 is 11.5. The van der Waals surface area contributed by atoms with Crippen molar-refractivity contribution in [2.45, 2.75) is 50.2 Å². The third kappa shape index (κ3) is 2.10. The van der Waals surface area contributed by atoms with Crippen molar-refractivity contribution in [2.75, 3.05) is 13.7 Å². The lowest BCUT2D eigenvalue weighted by atomic mass is 10.00. The van der Waals surface area contributed by atoms with Gasteiger partial charge < -0.3 is 9.47 Å². The van der Waals surface area contributed by atoms with Gasteiger partial charge in [-0.3, -0.25) is 4.90 Å². The highest BCUT2D eigenvalue weighted by Crippen LogP contribution is 2.42. The summed E-state index contributed by atoms with van der Waals surface area (Å²) in [6.07, 6.45) is 6.60. The van der Waals surface area contributed by atoms with E-state index in [0.29, 0.717) is 6.04 Å². The molecule has 2 aliphatic carbocycles. The smallest absolute Gasteiger partial charge is 0.126 e. The molecule has 0 bridgehead atoms. The number of rotatable bonds is 4. The quantitative estimate of drug-likeness (QED) is 0.829. The Balaban J connectivity index is 1.60. The molecule has 2 saturated carbocycles. The van der Waals surface area contributed by atoms with Gasteiger partial charge in [0.2, 0.25) is 0 Å². The average Bonchev–Trinajstić information content (AvgIpc) is 3.32. The molecule has 3 heteroatoms. The van der Waals surface area contributed by atoms with Crippen LogP contribution in [0.3, 0.4) is 0 Å². The van der Waals surface area contributed by atoms with Crippen LogP contribution >= 0.6 is 0 Å². The molecular weight excluding hydrogens is 238 g/mol. The third-order valence-corrected chi connectivity index (χ3v) is 4.54. The summed E-state index contributed by atoms with van der Waals surface area (Å²) >= 11 is 0. The molecule has 0 N–H and O–H groups in total. The minimum Gasteiger partial charge on any atom is -0.496 e. The number of methoxy groups -OCH3 is 1. The van der Waals surface area contributed by atoms with Crippen molar-refractivity contribution in [1.29, 1.82) is 0 Å². The summed E-state index contributed by atoms with van der Waals surface area (Å²) in [5.74, 6) is 2.00. The van der Waals surface area contributed by atoms with Crippen LogP contribution in [0.2, 0.25) is 0 Å². The van der Waals surface area contributed by atoms with E-state index in [1.165, 1.54) is 31.2 Å². The van der Waals surface area contributed by atoms with Crippen LogP contribution in [-0.4, -0.2) is 36.7 Å². The Morgan fingerprint density at radius 3 is 2.47 bits per heavy atom. The third-order valence-electron chi connectivity index (χ3n) is 4.54. The van der Waals surface area contributed by atoms with Gasteiger partial charge in [-0.05, 0) is 44.2 Å². The van der Waals surface area contributed by atoms with Gasteiger partial charge in [0.15, 0.2) is 0 Å². The largest absolute Gasteiger partial charge is 0.496 e. The van der Waals surface area contributed by atoms with Crippen LogP contribution in [0.5, 0.6) is 11.5 Å². The molecule has 1 unspecified atom stereocenters. The van der Waals surface area contributed by atoms with E-state index in [1.54, 1.807) is 7.11 Å². The second-order valence-corrected chi connectivity index (χ2v) is 6.02. The number of nitrogens with zero attached hydrogens (tertiary/aromatic N) is 1. The number of fused-ring (bicyclic) bond motifs is 1. The van der Waals surface area contributed by atoms with E-state index in [4.69, 9.17) is 9.47 Å². The topological polar surface area (TPSA) is 21.7 Å². The van der Waals surface area contributed by atoms with Gasteiger partial charge in [0, 0.05) is 23.7 Å². The van der Waals surface area contributed by atoms with Gasteiger partial charge in [0.25, 0.3) is 0 Å².